The number of carbonyl (C=O) groups is 2. The minimum absolute atomic E-state index is 0.00135. The number of amides is 1. The van der Waals surface area contributed by atoms with E-state index < -0.39 is 0 Å². The van der Waals surface area contributed by atoms with Crippen LogP contribution < -0.4 is 0 Å². The van der Waals surface area contributed by atoms with Crippen LogP contribution >= 0.6 is 0 Å². The lowest BCUT2D eigenvalue weighted by atomic mass is 9.75. The predicted molar refractivity (Wildman–Crippen MR) is 108 cm³/mol. The van der Waals surface area contributed by atoms with E-state index in [0.29, 0.717) is 23.6 Å². The molecule has 4 nitrogen and oxygen atoms in total. The molecular formula is C24H25FN2O2. The molecule has 29 heavy (non-hydrogen) atoms. The van der Waals surface area contributed by atoms with Gasteiger partial charge in [0, 0.05) is 29.6 Å². The summed E-state index contributed by atoms with van der Waals surface area (Å²) < 4.78 is 13.5. The molecule has 4 aliphatic heterocycles. The molecule has 150 valence electrons. The van der Waals surface area contributed by atoms with Crippen LogP contribution in [-0.2, 0) is 0 Å². The van der Waals surface area contributed by atoms with Crippen LogP contribution in [0.15, 0.2) is 48.5 Å². The molecule has 0 radical (unpaired) electrons. The topological polar surface area (TPSA) is 40.6 Å². The largest absolute Gasteiger partial charge is 0.333 e. The first-order chi connectivity index (χ1) is 14.0. The van der Waals surface area contributed by atoms with Crippen molar-refractivity contribution >= 4 is 11.7 Å². The van der Waals surface area contributed by atoms with Crippen molar-refractivity contribution < 1.29 is 14.0 Å². The van der Waals surface area contributed by atoms with Crippen LogP contribution in [0.3, 0.4) is 0 Å². The van der Waals surface area contributed by atoms with E-state index in [0.717, 1.165) is 31.5 Å². The molecule has 0 spiro atoms. The summed E-state index contributed by atoms with van der Waals surface area (Å²) in [6.45, 7) is 4.31. The van der Waals surface area contributed by atoms with Gasteiger partial charge in [0.2, 0.25) is 0 Å². The Labute approximate surface area is 170 Å². The number of benzene rings is 2. The maximum absolute atomic E-state index is 13.5. The van der Waals surface area contributed by atoms with Gasteiger partial charge in [-0.05, 0) is 68.6 Å². The Hall–Kier alpha value is -2.53. The third-order valence-corrected chi connectivity index (χ3v) is 7.07. The molecule has 0 aliphatic carbocycles. The predicted octanol–water partition coefficient (Wildman–Crippen LogP) is 3.73. The molecule has 2 aromatic carbocycles. The lowest BCUT2D eigenvalue weighted by Crippen LogP contribution is -2.60. The Kier molecular flexibility index (Phi) is 4.50. The first-order valence-corrected chi connectivity index (χ1v) is 10.4. The molecule has 6 rings (SSSR count). The van der Waals surface area contributed by atoms with Gasteiger partial charge in [0.25, 0.3) is 5.91 Å². The summed E-state index contributed by atoms with van der Waals surface area (Å²) in [6.07, 6.45) is 2.24. The highest BCUT2D eigenvalue weighted by Crippen LogP contribution is 2.47. The van der Waals surface area contributed by atoms with Gasteiger partial charge in [0.1, 0.15) is 5.82 Å². The van der Waals surface area contributed by atoms with E-state index in [4.69, 9.17) is 0 Å². The second kappa shape index (κ2) is 7.06. The monoisotopic (exact) mass is 392 g/mol. The van der Waals surface area contributed by atoms with Crippen LogP contribution in [0.5, 0.6) is 0 Å². The molecule has 2 bridgehead atoms. The molecule has 0 unspecified atom stereocenters. The highest BCUT2D eigenvalue weighted by molar-refractivity contribution is 6.00. The highest BCUT2D eigenvalue weighted by Gasteiger charge is 2.54. The number of fused-ring (bicyclic) bond motifs is 2. The third kappa shape index (κ3) is 3.08. The van der Waals surface area contributed by atoms with Crippen LogP contribution in [0.4, 0.5) is 4.39 Å². The molecular weight excluding hydrogens is 367 g/mol. The number of hydrogen-bond acceptors (Lipinski definition) is 3. The normalized spacial score (nSPS) is 30.3. The molecule has 0 saturated carbocycles. The summed E-state index contributed by atoms with van der Waals surface area (Å²) in [7, 11) is 0. The van der Waals surface area contributed by atoms with Gasteiger partial charge < -0.3 is 4.90 Å². The van der Waals surface area contributed by atoms with Crippen molar-refractivity contribution in [2.75, 3.05) is 19.6 Å². The Bertz CT molecular complexity index is 950. The molecule has 2 aromatic rings. The quantitative estimate of drug-likeness (QED) is 0.748. The number of hydrogen-bond donors (Lipinski definition) is 0. The first-order valence-electron chi connectivity index (χ1n) is 10.4. The number of likely N-dealkylation sites (tertiary alicyclic amines) is 1. The maximum Gasteiger partial charge on any atom is 0.254 e. The van der Waals surface area contributed by atoms with Gasteiger partial charge in [-0.2, -0.15) is 0 Å². The van der Waals surface area contributed by atoms with Gasteiger partial charge in [-0.15, -0.1) is 0 Å². The lowest BCUT2D eigenvalue weighted by Gasteiger charge is -2.51. The fourth-order valence-electron chi connectivity index (χ4n) is 5.69. The van der Waals surface area contributed by atoms with E-state index >= 15 is 0 Å². The molecule has 4 fully saturated rings. The van der Waals surface area contributed by atoms with Crippen LogP contribution in [0.2, 0.25) is 0 Å². The number of piperidine rings is 3. The van der Waals surface area contributed by atoms with E-state index in [1.54, 1.807) is 24.3 Å². The summed E-state index contributed by atoms with van der Waals surface area (Å²) >= 11 is 0. The Morgan fingerprint density at radius 1 is 0.966 bits per heavy atom. The van der Waals surface area contributed by atoms with E-state index in [9.17, 15) is 14.0 Å². The smallest absolute Gasteiger partial charge is 0.254 e. The van der Waals surface area contributed by atoms with Crippen LogP contribution in [-0.4, -0.2) is 53.2 Å². The van der Waals surface area contributed by atoms with Crippen LogP contribution in [0, 0.1) is 11.7 Å². The molecule has 4 heterocycles. The number of ketones is 1. The van der Waals surface area contributed by atoms with Gasteiger partial charge in [-0.25, -0.2) is 4.39 Å². The number of carbonyl (C=O) groups excluding carboxylic acids is 2. The van der Waals surface area contributed by atoms with Crippen molar-refractivity contribution in [1.82, 2.24) is 9.80 Å². The number of Topliss-reactive ketones (excluding diaryl/α,β-unsaturated/α-hetero) is 1. The summed E-state index contributed by atoms with van der Waals surface area (Å²) in [4.78, 5) is 29.9. The van der Waals surface area contributed by atoms with Crippen molar-refractivity contribution in [2.24, 2.45) is 5.92 Å². The number of nitrogens with zero attached hydrogens (tertiary/aromatic N) is 2. The summed E-state index contributed by atoms with van der Waals surface area (Å²) in [5.41, 5.74) is 2.24. The van der Waals surface area contributed by atoms with Crippen molar-refractivity contribution in [1.29, 1.82) is 0 Å². The van der Waals surface area contributed by atoms with Crippen LogP contribution in [0.25, 0.3) is 0 Å². The molecule has 0 N–H and O–H groups in total. The summed E-state index contributed by atoms with van der Waals surface area (Å²) in [6, 6.07) is 14.3. The Morgan fingerprint density at radius 3 is 2.34 bits per heavy atom. The zero-order valence-electron chi connectivity index (χ0n) is 16.6. The lowest BCUT2D eigenvalue weighted by molar-refractivity contribution is -0.00341. The molecule has 3 atom stereocenters. The van der Waals surface area contributed by atoms with Crippen molar-refractivity contribution in [3.8, 4) is 0 Å². The fraction of sp³-hybridized carbons (Fsp3) is 0.417. The van der Waals surface area contributed by atoms with Crippen molar-refractivity contribution in [3.63, 3.8) is 0 Å². The number of halogens is 1. The molecule has 5 heteroatoms. The first kappa shape index (κ1) is 18.5. The maximum atomic E-state index is 13.5. The van der Waals surface area contributed by atoms with Crippen LogP contribution in [0.1, 0.15) is 52.0 Å². The Balaban J connectivity index is 1.51. The minimum atomic E-state index is -0.234. The standard InChI is InChI=1S/C24H25FN2O2/c1-15(28)18-3-2-4-19(13-18)24(29)27-14-21(16-5-7-20(25)8-6-16)23-22(27)17-9-11-26(23)12-10-17/h2-8,13,17,21-23H,9-12,14H2,1H3/t21-,22+,23+/m1/s1. The molecule has 4 aliphatic rings. The van der Waals surface area contributed by atoms with Gasteiger partial charge in [0.15, 0.2) is 5.78 Å². The highest BCUT2D eigenvalue weighted by atomic mass is 19.1. The average molecular weight is 392 g/mol. The van der Waals surface area contributed by atoms with Crippen molar-refractivity contribution in [2.45, 2.75) is 37.8 Å². The molecule has 1 amide bonds. The summed E-state index contributed by atoms with van der Waals surface area (Å²) in [5.74, 6) is 0.425. The van der Waals surface area contributed by atoms with Crippen molar-refractivity contribution in [3.05, 3.63) is 71.0 Å². The van der Waals surface area contributed by atoms with E-state index in [2.05, 4.69) is 4.90 Å². The van der Waals surface area contributed by atoms with Gasteiger partial charge in [-0.3, -0.25) is 14.5 Å². The average Bonchev–Trinajstić information content (AvgIpc) is 3.17. The number of rotatable bonds is 3. The van der Waals surface area contributed by atoms with Gasteiger partial charge in [-0.1, -0.05) is 24.3 Å². The van der Waals surface area contributed by atoms with Gasteiger partial charge >= 0.3 is 0 Å². The zero-order valence-corrected chi connectivity index (χ0v) is 16.6. The second-order valence-electron chi connectivity index (χ2n) is 8.61. The summed E-state index contributed by atoms with van der Waals surface area (Å²) in [5, 5.41) is 0. The minimum Gasteiger partial charge on any atom is -0.333 e. The fourth-order valence-corrected chi connectivity index (χ4v) is 5.69. The molecule has 4 saturated heterocycles. The second-order valence-corrected chi connectivity index (χ2v) is 8.61. The van der Waals surface area contributed by atoms with E-state index in [1.165, 1.54) is 19.1 Å². The van der Waals surface area contributed by atoms with E-state index in [1.807, 2.05) is 17.0 Å². The van der Waals surface area contributed by atoms with Gasteiger partial charge in [0.05, 0.1) is 6.04 Å². The third-order valence-electron chi connectivity index (χ3n) is 7.07. The molecule has 0 aromatic heterocycles. The SMILES string of the molecule is CC(=O)c1cccc(C(=O)N2C[C@H](c3ccc(F)cc3)[C@H]3[C@@H]2C2CCN3CC2)c1. The zero-order chi connectivity index (χ0) is 20.1. The Morgan fingerprint density at radius 2 is 1.66 bits per heavy atom. The van der Waals surface area contributed by atoms with E-state index in [-0.39, 0.29) is 35.5 Å².